The molecule has 0 radical (unpaired) electrons. The lowest BCUT2D eigenvalue weighted by atomic mass is 9.97. The number of halogens is 2. The van der Waals surface area contributed by atoms with Crippen LogP contribution in [0.3, 0.4) is 0 Å². The highest BCUT2D eigenvalue weighted by Gasteiger charge is 2.23. The van der Waals surface area contributed by atoms with E-state index in [1.807, 2.05) is 55.1 Å². The van der Waals surface area contributed by atoms with Crippen LogP contribution in [0.2, 0.25) is 10.2 Å². The number of hydrogen-bond acceptors (Lipinski definition) is 6. The summed E-state index contributed by atoms with van der Waals surface area (Å²) in [5, 5.41) is 5.66. The van der Waals surface area contributed by atoms with Gasteiger partial charge in [-0.2, -0.15) is 0 Å². The number of imidazole rings is 1. The van der Waals surface area contributed by atoms with E-state index in [0.717, 1.165) is 60.8 Å². The molecule has 0 aliphatic carbocycles. The molecule has 0 bridgehead atoms. The van der Waals surface area contributed by atoms with Crippen molar-refractivity contribution in [3.8, 4) is 11.4 Å². The van der Waals surface area contributed by atoms with Gasteiger partial charge in [-0.05, 0) is 49.4 Å². The quantitative estimate of drug-likeness (QED) is 0.413. The molecule has 0 unspecified atom stereocenters. The first-order chi connectivity index (χ1) is 16.0. The molecule has 9 heteroatoms. The smallest absolute Gasteiger partial charge is 0.206 e. The Hall–Kier alpha value is -2.90. The number of aromatic nitrogens is 5. The average molecular weight is 482 g/mol. The van der Waals surface area contributed by atoms with Crippen molar-refractivity contribution in [1.29, 1.82) is 0 Å². The molecule has 4 heterocycles. The van der Waals surface area contributed by atoms with Crippen molar-refractivity contribution in [2.45, 2.75) is 19.8 Å². The molecule has 5 rings (SSSR count). The maximum atomic E-state index is 6.50. The number of piperidine rings is 1. The second-order valence-electron chi connectivity index (χ2n) is 8.49. The van der Waals surface area contributed by atoms with Gasteiger partial charge in [0.05, 0.1) is 10.4 Å². The Balaban J connectivity index is 1.35. The number of benzene rings is 1. The maximum Gasteiger partial charge on any atom is 0.206 e. The fourth-order valence-corrected chi connectivity index (χ4v) is 4.94. The number of nitrogens with one attached hydrogen (secondary N) is 1. The Bertz CT molecular complexity index is 1280. The third-order valence-electron chi connectivity index (χ3n) is 6.19. The van der Waals surface area contributed by atoms with Crippen LogP contribution in [0.5, 0.6) is 0 Å². The first-order valence-corrected chi connectivity index (χ1v) is 11.8. The van der Waals surface area contributed by atoms with E-state index >= 15 is 0 Å². The number of pyridine rings is 1. The number of aryl methyl sites for hydroxylation is 2. The van der Waals surface area contributed by atoms with Gasteiger partial charge >= 0.3 is 0 Å². The lowest BCUT2D eigenvalue weighted by Gasteiger charge is -2.32. The van der Waals surface area contributed by atoms with Crippen LogP contribution in [0.15, 0.2) is 42.7 Å². The van der Waals surface area contributed by atoms with E-state index < -0.39 is 0 Å². The first kappa shape index (κ1) is 21.9. The second-order valence-corrected chi connectivity index (χ2v) is 9.28. The number of rotatable bonds is 5. The van der Waals surface area contributed by atoms with E-state index in [1.54, 1.807) is 6.20 Å². The molecule has 1 aromatic carbocycles. The number of fused-ring (bicyclic) bond motifs is 1. The van der Waals surface area contributed by atoms with Gasteiger partial charge in [-0.15, -0.1) is 0 Å². The molecule has 1 saturated heterocycles. The van der Waals surface area contributed by atoms with Crippen LogP contribution >= 0.6 is 23.2 Å². The summed E-state index contributed by atoms with van der Waals surface area (Å²) in [4.78, 5) is 20.8. The molecular weight excluding hydrogens is 457 g/mol. The van der Waals surface area contributed by atoms with Crippen LogP contribution in [-0.4, -0.2) is 44.1 Å². The zero-order chi connectivity index (χ0) is 22.9. The van der Waals surface area contributed by atoms with E-state index in [9.17, 15) is 0 Å². The lowest BCUT2D eigenvalue weighted by molar-refractivity contribution is 0.418. The van der Waals surface area contributed by atoms with Gasteiger partial charge in [0.25, 0.3) is 0 Å². The number of nitrogens with zero attached hydrogens (tertiary/aromatic N) is 6. The third kappa shape index (κ3) is 4.48. The van der Waals surface area contributed by atoms with E-state index in [2.05, 4.69) is 20.2 Å². The van der Waals surface area contributed by atoms with Crippen LogP contribution in [0, 0.1) is 12.8 Å². The van der Waals surface area contributed by atoms with Crippen molar-refractivity contribution in [3.05, 3.63) is 58.5 Å². The van der Waals surface area contributed by atoms with Gasteiger partial charge in [0.1, 0.15) is 11.0 Å². The maximum absolute atomic E-state index is 6.50. The number of hydrogen-bond donors (Lipinski definition) is 1. The molecule has 1 N–H and O–H groups in total. The molecule has 0 atom stereocenters. The summed E-state index contributed by atoms with van der Waals surface area (Å²) in [6.07, 6.45) is 5.73. The Morgan fingerprint density at radius 1 is 1.06 bits per heavy atom. The summed E-state index contributed by atoms with van der Waals surface area (Å²) < 4.78 is 1.99. The molecule has 1 aliphatic heterocycles. The van der Waals surface area contributed by atoms with Crippen LogP contribution in [0.1, 0.15) is 18.4 Å². The van der Waals surface area contributed by atoms with Gasteiger partial charge in [0, 0.05) is 44.6 Å². The van der Waals surface area contributed by atoms with Crippen LogP contribution in [-0.2, 0) is 7.05 Å². The highest BCUT2D eigenvalue weighted by atomic mass is 35.5. The summed E-state index contributed by atoms with van der Waals surface area (Å²) >= 11 is 12.6. The van der Waals surface area contributed by atoms with E-state index in [-0.39, 0.29) is 0 Å². The summed E-state index contributed by atoms with van der Waals surface area (Å²) in [6, 6.07) is 9.73. The Morgan fingerprint density at radius 2 is 1.88 bits per heavy atom. The van der Waals surface area contributed by atoms with Gasteiger partial charge in [0.2, 0.25) is 5.95 Å². The van der Waals surface area contributed by atoms with E-state index in [4.69, 9.17) is 33.2 Å². The molecule has 7 nitrogen and oxygen atoms in total. The third-order valence-corrected chi connectivity index (χ3v) is 6.69. The van der Waals surface area contributed by atoms with Crippen molar-refractivity contribution in [3.63, 3.8) is 0 Å². The van der Waals surface area contributed by atoms with Crippen molar-refractivity contribution >= 4 is 46.0 Å². The predicted octanol–water partition coefficient (Wildman–Crippen LogP) is 5.37. The zero-order valence-electron chi connectivity index (χ0n) is 18.6. The molecule has 33 heavy (non-hydrogen) atoms. The van der Waals surface area contributed by atoms with Gasteiger partial charge in [0.15, 0.2) is 11.5 Å². The molecule has 0 spiro atoms. The van der Waals surface area contributed by atoms with Crippen LogP contribution < -0.4 is 10.2 Å². The van der Waals surface area contributed by atoms with Gasteiger partial charge in [-0.1, -0.05) is 35.3 Å². The fraction of sp³-hybridized carbons (Fsp3) is 0.333. The van der Waals surface area contributed by atoms with Crippen LogP contribution in [0.25, 0.3) is 22.4 Å². The summed E-state index contributed by atoms with van der Waals surface area (Å²) in [6.45, 7) is 4.74. The normalized spacial score (nSPS) is 14.7. The molecule has 3 aromatic heterocycles. The number of anilines is 2. The Morgan fingerprint density at radius 3 is 2.61 bits per heavy atom. The van der Waals surface area contributed by atoms with Crippen molar-refractivity contribution < 1.29 is 0 Å². The van der Waals surface area contributed by atoms with Gasteiger partial charge in [-0.25, -0.2) is 19.9 Å². The van der Waals surface area contributed by atoms with Crippen LogP contribution in [0.4, 0.5) is 11.8 Å². The lowest BCUT2D eigenvalue weighted by Crippen LogP contribution is -2.37. The summed E-state index contributed by atoms with van der Waals surface area (Å²) in [5.41, 5.74) is 2.54. The van der Waals surface area contributed by atoms with Crippen molar-refractivity contribution in [2.24, 2.45) is 13.0 Å². The predicted molar refractivity (Wildman–Crippen MR) is 134 cm³/mol. The highest BCUT2D eigenvalue weighted by molar-refractivity contribution is 6.33. The molecule has 0 amide bonds. The molecule has 1 fully saturated rings. The molecule has 170 valence electrons. The minimum absolute atomic E-state index is 0.532. The average Bonchev–Trinajstić information content (AvgIpc) is 3.15. The SMILES string of the molecule is Cc1cccc(Cl)c1-c1nc(NCC2CCN(c3nc(Cl)cn3C)CC2)c2cccnc2n1. The topological polar surface area (TPSA) is 71.8 Å². The molecule has 0 saturated carbocycles. The Kier molecular flexibility index (Phi) is 6.08. The molecular formula is C24H25Cl2N7. The minimum atomic E-state index is 0.532. The molecule has 1 aliphatic rings. The van der Waals surface area contributed by atoms with Gasteiger partial charge in [-0.3, -0.25) is 0 Å². The monoisotopic (exact) mass is 481 g/mol. The van der Waals surface area contributed by atoms with E-state index in [0.29, 0.717) is 27.6 Å². The fourth-order valence-electron chi connectivity index (χ4n) is 4.42. The summed E-state index contributed by atoms with van der Waals surface area (Å²) in [5.74, 6) is 2.84. The first-order valence-electron chi connectivity index (χ1n) is 11.1. The zero-order valence-corrected chi connectivity index (χ0v) is 20.1. The van der Waals surface area contributed by atoms with Gasteiger partial charge < -0.3 is 14.8 Å². The molecule has 4 aromatic rings. The Labute approximate surface area is 202 Å². The van der Waals surface area contributed by atoms with Crippen molar-refractivity contribution in [2.75, 3.05) is 29.9 Å². The second kappa shape index (κ2) is 9.15. The minimum Gasteiger partial charge on any atom is -0.369 e. The highest BCUT2D eigenvalue weighted by Crippen LogP contribution is 2.32. The standard InChI is InChI=1S/C24H25Cl2N7/c1-15-5-3-7-18(25)20(15)23-30-21-17(6-4-10-27-21)22(31-23)28-13-16-8-11-33(12-9-16)24-29-19(26)14-32(24)2/h3-7,10,14,16H,8-9,11-13H2,1-2H3,(H,27,28,30,31). The van der Waals surface area contributed by atoms with Crippen molar-refractivity contribution in [1.82, 2.24) is 24.5 Å². The summed E-state index contributed by atoms with van der Waals surface area (Å²) in [7, 11) is 1.98. The van der Waals surface area contributed by atoms with E-state index in [1.165, 1.54) is 0 Å². The largest absolute Gasteiger partial charge is 0.369 e.